The van der Waals surface area contributed by atoms with Gasteiger partial charge in [-0.05, 0) is 36.2 Å². The molecule has 2 N–H and O–H groups in total. The number of halogens is 3. The van der Waals surface area contributed by atoms with Crippen LogP contribution in [0.5, 0.6) is 0 Å². The minimum atomic E-state index is -5.08. The molecule has 0 unspecified atom stereocenters. The van der Waals surface area contributed by atoms with E-state index < -0.39 is 12.1 Å². The highest BCUT2D eigenvalue weighted by molar-refractivity contribution is 6.00. The lowest BCUT2D eigenvalue weighted by atomic mass is 10.3. The van der Waals surface area contributed by atoms with Crippen molar-refractivity contribution < 1.29 is 27.9 Å². The molecular weight excluding hydrogens is 451 g/mol. The quantitative estimate of drug-likeness (QED) is 0.441. The van der Waals surface area contributed by atoms with Gasteiger partial charge < -0.3 is 15.0 Å². The third-order valence-electron chi connectivity index (χ3n) is 4.64. The number of fused-ring (bicyclic) bond motifs is 1. The Bertz CT molecular complexity index is 1270. The van der Waals surface area contributed by atoms with E-state index in [-0.39, 0.29) is 5.91 Å². The van der Waals surface area contributed by atoms with E-state index in [4.69, 9.17) is 9.90 Å². The van der Waals surface area contributed by atoms with Crippen LogP contribution in [0.4, 0.5) is 13.2 Å². The Morgan fingerprint density at radius 1 is 1.12 bits per heavy atom. The lowest BCUT2D eigenvalue weighted by Crippen LogP contribution is -2.24. The number of carboxylic acid groups (broad SMARTS) is 1. The number of hydrogen-bond donors (Lipinski definition) is 2. The molecule has 0 aliphatic heterocycles. The average molecular weight is 473 g/mol. The summed E-state index contributed by atoms with van der Waals surface area (Å²) in [7, 11) is 0. The number of imidazole rings is 1. The first-order chi connectivity index (χ1) is 16.2. The number of carboxylic acids is 1. The standard InChI is InChI=1S/C21H21N5O.C2HF3O2/c1-2-9-23-21(27)19-18-7-3-4-11-26(18)20(24-19)17-8-12-25(15-17)14-16-6-5-10-22-13-16;3-2(4,5)1(6)7/h3-8,10-13,15H,2,9,14H2,1H3,(H,23,27);(H,6,7). The fraction of sp³-hybridized carbons (Fsp3) is 0.217. The van der Waals surface area contributed by atoms with Crippen LogP contribution in [0.15, 0.2) is 67.4 Å². The van der Waals surface area contributed by atoms with E-state index in [0.29, 0.717) is 12.2 Å². The van der Waals surface area contributed by atoms with Gasteiger partial charge in [-0.25, -0.2) is 9.78 Å². The molecule has 11 heteroatoms. The van der Waals surface area contributed by atoms with E-state index in [1.54, 1.807) is 6.20 Å². The van der Waals surface area contributed by atoms with E-state index in [1.807, 2.05) is 72.5 Å². The number of alkyl halides is 3. The van der Waals surface area contributed by atoms with Crippen molar-refractivity contribution >= 4 is 17.4 Å². The number of pyridine rings is 2. The summed E-state index contributed by atoms with van der Waals surface area (Å²) >= 11 is 0. The number of carbonyl (C=O) groups is 2. The van der Waals surface area contributed by atoms with Crippen LogP contribution in [0.25, 0.3) is 16.9 Å². The van der Waals surface area contributed by atoms with Crippen molar-refractivity contribution in [2.45, 2.75) is 26.1 Å². The highest BCUT2D eigenvalue weighted by Crippen LogP contribution is 2.23. The highest BCUT2D eigenvalue weighted by atomic mass is 19.4. The Kier molecular flexibility index (Phi) is 7.67. The van der Waals surface area contributed by atoms with Crippen LogP contribution in [0.2, 0.25) is 0 Å². The molecule has 0 saturated heterocycles. The molecule has 4 heterocycles. The molecule has 178 valence electrons. The van der Waals surface area contributed by atoms with Gasteiger partial charge in [0.2, 0.25) is 0 Å². The Morgan fingerprint density at radius 2 is 1.88 bits per heavy atom. The number of nitrogens with zero attached hydrogens (tertiary/aromatic N) is 4. The molecule has 4 aromatic heterocycles. The van der Waals surface area contributed by atoms with Gasteiger partial charge in [0.25, 0.3) is 5.91 Å². The molecule has 0 aromatic carbocycles. The number of amides is 1. The zero-order valence-electron chi connectivity index (χ0n) is 18.2. The SMILES string of the molecule is CCCNC(=O)c1nc(-c2ccn(Cc3cccnc3)c2)n2ccccc12.O=C(O)C(F)(F)F. The number of aliphatic carboxylic acids is 1. The third-order valence-corrected chi connectivity index (χ3v) is 4.64. The van der Waals surface area contributed by atoms with Crippen molar-refractivity contribution in [3.05, 3.63) is 78.6 Å². The number of rotatable bonds is 6. The zero-order chi connectivity index (χ0) is 24.7. The van der Waals surface area contributed by atoms with E-state index in [2.05, 4.69) is 19.9 Å². The van der Waals surface area contributed by atoms with Gasteiger partial charge >= 0.3 is 12.1 Å². The summed E-state index contributed by atoms with van der Waals surface area (Å²) in [5.41, 5.74) is 3.36. The molecule has 0 aliphatic carbocycles. The zero-order valence-corrected chi connectivity index (χ0v) is 18.2. The lowest BCUT2D eigenvalue weighted by molar-refractivity contribution is -0.192. The molecule has 0 saturated carbocycles. The van der Waals surface area contributed by atoms with Crippen LogP contribution in [-0.4, -0.2) is 48.6 Å². The normalized spacial score (nSPS) is 11.1. The van der Waals surface area contributed by atoms with Gasteiger partial charge in [-0.3, -0.25) is 14.2 Å². The highest BCUT2D eigenvalue weighted by Gasteiger charge is 2.38. The van der Waals surface area contributed by atoms with Crippen molar-refractivity contribution in [2.24, 2.45) is 0 Å². The van der Waals surface area contributed by atoms with Crippen molar-refractivity contribution in [1.82, 2.24) is 24.3 Å². The largest absolute Gasteiger partial charge is 0.490 e. The van der Waals surface area contributed by atoms with Crippen molar-refractivity contribution in [3.63, 3.8) is 0 Å². The predicted octanol–water partition coefficient (Wildman–Crippen LogP) is 4.02. The average Bonchev–Trinajstić information content (AvgIpc) is 3.42. The summed E-state index contributed by atoms with van der Waals surface area (Å²) in [6, 6.07) is 11.8. The van der Waals surface area contributed by atoms with Gasteiger partial charge in [0.1, 0.15) is 5.82 Å². The van der Waals surface area contributed by atoms with Crippen LogP contribution in [0.1, 0.15) is 29.4 Å². The van der Waals surface area contributed by atoms with Gasteiger partial charge in [-0.2, -0.15) is 13.2 Å². The maximum atomic E-state index is 12.5. The number of nitrogens with one attached hydrogen (secondary N) is 1. The fourth-order valence-corrected chi connectivity index (χ4v) is 3.10. The second-order valence-corrected chi connectivity index (χ2v) is 7.23. The van der Waals surface area contributed by atoms with Gasteiger partial charge in [0.05, 0.1) is 5.52 Å². The van der Waals surface area contributed by atoms with Crippen molar-refractivity contribution in [3.8, 4) is 11.4 Å². The minimum Gasteiger partial charge on any atom is -0.475 e. The molecule has 4 rings (SSSR count). The maximum absolute atomic E-state index is 12.5. The van der Waals surface area contributed by atoms with Crippen LogP contribution in [0, 0.1) is 0 Å². The molecule has 0 aliphatic rings. The van der Waals surface area contributed by atoms with E-state index in [1.165, 1.54) is 0 Å². The molecule has 0 bridgehead atoms. The first-order valence-electron chi connectivity index (χ1n) is 10.3. The van der Waals surface area contributed by atoms with Gasteiger partial charge in [-0.15, -0.1) is 0 Å². The summed E-state index contributed by atoms with van der Waals surface area (Å²) in [5.74, 6) is -2.13. The Morgan fingerprint density at radius 3 is 2.53 bits per heavy atom. The molecule has 4 aromatic rings. The first kappa shape index (κ1) is 24.5. The van der Waals surface area contributed by atoms with Gasteiger partial charge in [0, 0.05) is 49.6 Å². The number of aromatic nitrogens is 4. The first-order valence-corrected chi connectivity index (χ1v) is 10.3. The Hall–Kier alpha value is -4.15. The smallest absolute Gasteiger partial charge is 0.475 e. The second kappa shape index (κ2) is 10.6. The number of carbonyl (C=O) groups excluding carboxylic acids is 1. The lowest BCUT2D eigenvalue weighted by Gasteiger charge is -2.02. The molecule has 34 heavy (non-hydrogen) atoms. The molecule has 0 radical (unpaired) electrons. The third kappa shape index (κ3) is 6.00. The maximum Gasteiger partial charge on any atom is 0.490 e. The Labute approximate surface area is 192 Å². The second-order valence-electron chi connectivity index (χ2n) is 7.23. The summed E-state index contributed by atoms with van der Waals surface area (Å²) in [6.07, 6.45) is 5.44. The van der Waals surface area contributed by atoms with Crippen molar-refractivity contribution in [2.75, 3.05) is 6.54 Å². The topological polar surface area (TPSA) is 102 Å². The van der Waals surface area contributed by atoms with E-state index in [0.717, 1.165) is 35.4 Å². The van der Waals surface area contributed by atoms with Gasteiger partial charge in [-0.1, -0.05) is 19.1 Å². The van der Waals surface area contributed by atoms with Crippen molar-refractivity contribution in [1.29, 1.82) is 0 Å². The number of hydrogen-bond acceptors (Lipinski definition) is 4. The molecule has 0 fully saturated rings. The van der Waals surface area contributed by atoms with Crippen LogP contribution < -0.4 is 5.32 Å². The minimum absolute atomic E-state index is 0.137. The monoisotopic (exact) mass is 473 g/mol. The molecule has 8 nitrogen and oxygen atoms in total. The van der Waals surface area contributed by atoms with Crippen LogP contribution >= 0.6 is 0 Å². The Balaban J connectivity index is 0.000000406. The van der Waals surface area contributed by atoms with Crippen LogP contribution in [-0.2, 0) is 11.3 Å². The summed E-state index contributed by atoms with van der Waals surface area (Å²) in [6.45, 7) is 3.41. The molecule has 0 atom stereocenters. The van der Waals surface area contributed by atoms with Gasteiger partial charge in [0.15, 0.2) is 5.69 Å². The van der Waals surface area contributed by atoms with Crippen LogP contribution in [0.3, 0.4) is 0 Å². The predicted molar refractivity (Wildman–Crippen MR) is 118 cm³/mol. The fourth-order valence-electron chi connectivity index (χ4n) is 3.10. The van der Waals surface area contributed by atoms with E-state index in [9.17, 15) is 18.0 Å². The van der Waals surface area contributed by atoms with E-state index >= 15 is 0 Å². The molecular formula is C23H22F3N5O3. The molecule has 0 spiro atoms. The molecule has 1 amide bonds. The summed E-state index contributed by atoms with van der Waals surface area (Å²) < 4.78 is 35.8. The summed E-state index contributed by atoms with van der Waals surface area (Å²) in [5, 5.41) is 10.0. The summed E-state index contributed by atoms with van der Waals surface area (Å²) in [4.78, 5) is 30.2.